The summed E-state index contributed by atoms with van der Waals surface area (Å²) in [4.78, 5) is 39.8. The molecule has 0 saturated carbocycles. The number of carboxylic acid groups (broad SMARTS) is 1. The van der Waals surface area contributed by atoms with E-state index in [2.05, 4.69) is 5.32 Å². The molecule has 1 aliphatic heterocycles. The van der Waals surface area contributed by atoms with Crippen molar-refractivity contribution in [1.82, 2.24) is 19.7 Å². The lowest BCUT2D eigenvalue weighted by atomic mass is 10.0. The number of nitrogens with one attached hydrogen (secondary N) is 1. The summed E-state index contributed by atoms with van der Waals surface area (Å²) in [6, 6.07) is 3.53. The summed E-state index contributed by atoms with van der Waals surface area (Å²) in [5.74, 6) is -3.02. The lowest BCUT2D eigenvalue weighted by Gasteiger charge is -2.37. The minimum absolute atomic E-state index is 0.0918. The lowest BCUT2D eigenvalue weighted by molar-refractivity contribution is -0.0809. The summed E-state index contributed by atoms with van der Waals surface area (Å²) in [5.41, 5.74) is 1.83. The highest BCUT2D eigenvalue weighted by atomic mass is 32.1. The Bertz CT molecular complexity index is 1460. The van der Waals surface area contributed by atoms with Gasteiger partial charge in [-0.15, -0.1) is 11.3 Å². The van der Waals surface area contributed by atoms with E-state index in [1.54, 1.807) is 27.5 Å². The molecule has 0 aliphatic carbocycles. The number of piperidine rings is 1. The quantitative estimate of drug-likeness (QED) is 0.452. The Kier molecular flexibility index (Phi) is 7.84. The SMILES string of the molecule is COc1cc(-c2cn(C)c(=O)c3cc(C(=O)N[C@@H]4CCN(C(=O)O)CC4(F)F)sc23)cc(OC)c1CN(C)C. The van der Waals surface area contributed by atoms with E-state index in [4.69, 9.17) is 14.6 Å². The van der Waals surface area contributed by atoms with E-state index in [1.165, 1.54) is 10.6 Å². The van der Waals surface area contributed by atoms with Crippen molar-refractivity contribution in [2.45, 2.75) is 24.9 Å². The molecule has 1 aliphatic rings. The maximum atomic E-state index is 14.6. The van der Waals surface area contributed by atoms with Crippen LogP contribution in [-0.4, -0.2) is 84.8 Å². The molecule has 3 heterocycles. The van der Waals surface area contributed by atoms with Crippen LogP contribution in [0.3, 0.4) is 0 Å². The molecule has 1 aromatic carbocycles. The molecule has 210 valence electrons. The average molecular weight is 565 g/mol. The van der Waals surface area contributed by atoms with Gasteiger partial charge >= 0.3 is 6.09 Å². The number of hydrogen-bond acceptors (Lipinski definition) is 7. The molecule has 3 aromatic rings. The van der Waals surface area contributed by atoms with Gasteiger partial charge in [0.1, 0.15) is 11.5 Å². The predicted molar refractivity (Wildman–Crippen MR) is 143 cm³/mol. The van der Waals surface area contributed by atoms with Crippen molar-refractivity contribution in [2.24, 2.45) is 7.05 Å². The van der Waals surface area contributed by atoms with Gasteiger partial charge in [0.25, 0.3) is 17.4 Å². The Morgan fingerprint density at radius 1 is 1.21 bits per heavy atom. The maximum absolute atomic E-state index is 14.6. The number of aryl methyl sites for hydroxylation is 1. The van der Waals surface area contributed by atoms with Crippen LogP contribution in [0.4, 0.5) is 13.6 Å². The highest BCUT2D eigenvalue weighted by Gasteiger charge is 2.46. The minimum Gasteiger partial charge on any atom is -0.496 e. The third-order valence-electron chi connectivity index (χ3n) is 6.64. The number of amides is 2. The number of methoxy groups -OCH3 is 2. The van der Waals surface area contributed by atoms with Crippen LogP contribution >= 0.6 is 11.3 Å². The fraction of sp³-hybridized carbons (Fsp3) is 0.423. The molecule has 0 bridgehead atoms. The minimum atomic E-state index is -3.44. The zero-order valence-electron chi connectivity index (χ0n) is 22.2. The van der Waals surface area contributed by atoms with E-state index in [0.29, 0.717) is 38.8 Å². The highest BCUT2D eigenvalue weighted by Crippen LogP contribution is 2.40. The number of nitrogens with zero attached hydrogens (tertiary/aromatic N) is 3. The number of hydrogen-bond donors (Lipinski definition) is 2. The number of halogens is 2. The predicted octanol–water partition coefficient (Wildman–Crippen LogP) is 3.46. The number of fused-ring (bicyclic) bond motifs is 1. The van der Waals surface area contributed by atoms with Gasteiger partial charge in [-0.05, 0) is 44.3 Å². The van der Waals surface area contributed by atoms with E-state index in [1.807, 2.05) is 31.1 Å². The Labute approximate surface area is 227 Å². The van der Waals surface area contributed by atoms with Gasteiger partial charge in [-0.3, -0.25) is 9.59 Å². The van der Waals surface area contributed by atoms with E-state index < -0.39 is 30.5 Å². The molecule has 2 amide bonds. The summed E-state index contributed by atoms with van der Waals surface area (Å²) >= 11 is 1.02. The second-order valence-corrected chi connectivity index (χ2v) is 10.7. The highest BCUT2D eigenvalue weighted by molar-refractivity contribution is 7.21. The number of alkyl halides is 2. The van der Waals surface area contributed by atoms with Gasteiger partial charge < -0.3 is 34.3 Å². The van der Waals surface area contributed by atoms with E-state index >= 15 is 0 Å². The van der Waals surface area contributed by atoms with Crippen LogP contribution in [0.25, 0.3) is 21.2 Å². The number of ether oxygens (including phenoxy) is 2. The number of carbonyl (C=O) groups is 2. The van der Waals surface area contributed by atoms with Crippen molar-refractivity contribution in [3.8, 4) is 22.6 Å². The molecule has 13 heteroatoms. The van der Waals surface area contributed by atoms with Crippen LogP contribution in [0, 0.1) is 0 Å². The smallest absolute Gasteiger partial charge is 0.407 e. The van der Waals surface area contributed by atoms with Gasteiger partial charge in [0.05, 0.1) is 42.6 Å². The number of likely N-dealkylation sites (tertiary alicyclic amines) is 1. The number of benzene rings is 1. The number of rotatable bonds is 7. The Morgan fingerprint density at radius 2 is 1.85 bits per heavy atom. The molecule has 10 nitrogen and oxygen atoms in total. The van der Waals surface area contributed by atoms with Gasteiger partial charge in [0, 0.05) is 36.6 Å². The Morgan fingerprint density at radius 3 is 2.38 bits per heavy atom. The molecule has 1 saturated heterocycles. The number of aromatic nitrogens is 1. The van der Waals surface area contributed by atoms with E-state index in [0.717, 1.165) is 16.9 Å². The fourth-order valence-corrected chi connectivity index (χ4v) is 5.78. The van der Waals surface area contributed by atoms with Crippen LogP contribution in [-0.2, 0) is 13.6 Å². The third kappa shape index (κ3) is 5.55. The molecule has 0 spiro atoms. The van der Waals surface area contributed by atoms with Crippen molar-refractivity contribution >= 4 is 33.4 Å². The second kappa shape index (κ2) is 10.8. The van der Waals surface area contributed by atoms with Crippen LogP contribution in [0.5, 0.6) is 11.5 Å². The van der Waals surface area contributed by atoms with Gasteiger partial charge in [0.2, 0.25) is 0 Å². The zero-order valence-corrected chi connectivity index (χ0v) is 23.0. The zero-order chi connectivity index (χ0) is 28.6. The summed E-state index contributed by atoms with van der Waals surface area (Å²) in [5, 5.41) is 11.7. The lowest BCUT2D eigenvalue weighted by Crippen LogP contribution is -2.59. The summed E-state index contributed by atoms with van der Waals surface area (Å²) in [6.07, 6.45) is -0.0179. The van der Waals surface area contributed by atoms with Gasteiger partial charge in [0.15, 0.2) is 0 Å². The normalized spacial score (nSPS) is 16.9. The first-order chi connectivity index (χ1) is 18.4. The molecule has 39 heavy (non-hydrogen) atoms. The first-order valence-electron chi connectivity index (χ1n) is 12.1. The van der Waals surface area contributed by atoms with Crippen molar-refractivity contribution in [1.29, 1.82) is 0 Å². The first kappa shape index (κ1) is 28.3. The molecule has 0 unspecified atom stereocenters. The number of pyridine rings is 1. The number of thiophene rings is 1. The maximum Gasteiger partial charge on any atom is 0.407 e. The molecule has 0 radical (unpaired) electrons. The summed E-state index contributed by atoms with van der Waals surface area (Å²) < 4.78 is 42.4. The van der Waals surface area contributed by atoms with Crippen molar-refractivity contribution in [3.63, 3.8) is 0 Å². The van der Waals surface area contributed by atoms with Crippen molar-refractivity contribution < 1.29 is 33.0 Å². The standard InChI is InChI=1S/C26H30F2N4O6S/c1-30(2)11-17-18(37-4)8-14(9-19(17)38-5)16-12-31(3)24(34)15-10-20(39-22(15)16)23(33)29-21-6-7-32(25(35)36)13-26(21,27)28/h8-10,12,21H,6-7,11,13H2,1-5H3,(H,29,33)(H,35,36)/t21-/m1/s1. The summed E-state index contributed by atoms with van der Waals surface area (Å²) in [6.45, 7) is -0.563. The van der Waals surface area contributed by atoms with E-state index in [9.17, 15) is 23.2 Å². The van der Waals surface area contributed by atoms with Gasteiger partial charge in [-0.1, -0.05) is 0 Å². The molecule has 1 atom stereocenters. The van der Waals surface area contributed by atoms with Gasteiger partial charge in [-0.2, -0.15) is 0 Å². The van der Waals surface area contributed by atoms with E-state index in [-0.39, 0.29) is 28.8 Å². The number of carbonyl (C=O) groups excluding carboxylic acids is 1. The molecule has 1 fully saturated rings. The summed E-state index contributed by atoms with van der Waals surface area (Å²) in [7, 11) is 8.55. The molecule has 2 N–H and O–H groups in total. The first-order valence-corrected chi connectivity index (χ1v) is 12.9. The molecule has 4 rings (SSSR count). The largest absolute Gasteiger partial charge is 0.496 e. The third-order valence-corrected chi connectivity index (χ3v) is 7.81. The molecular formula is C26H30F2N4O6S. The van der Waals surface area contributed by atoms with Crippen LogP contribution in [0.15, 0.2) is 29.2 Å². The topological polar surface area (TPSA) is 113 Å². The Balaban J connectivity index is 1.74. The van der Waals surface area contributed by atoms with Crippen LogP contribution in [0.2, 0.25) is 0 Å². The van der Waals surface area contributed by atoms with Gasteiger partial charge in [-0.25, -0.2) is 13.6 Å². The van der Waals surface area contributed by atoms with Crippen molar-refractivity contribution in [3.05, 3.63) is 45.2 Å². The molecular weight excluding hydrogens is 534 g/mol. The average Bonchev–Trinajstić information content (AvgIpc) is 3.33. The Hall–Kier alpha value is -3.71. The molecule has 2 aromatic heterocycles. The second-order valence-electron chi connectivity index (χ2n) is 9.69. The van der Waals surface area contributed by atoms with Crippen LogP contribution < -0.4 is 20.3 Å². The van der Waals surface area contributed by atoms with Crippen LogP contribution in [0.1, 0.15) is 21.7 Å². The fourth-order valence-electron chi connectivity index (χ4n) is 4.69. The monoisotopic (exact) mass is 564 g/mol. The van der Waals surface area contributed by atoms with Crippen molar-refractivity contribution in [2.75, 3.05) is 41.4 Å².